The predicted molar refractivity (Wildman–Crippen MR) is 133 cm³/mol. The van der Waals surface area contributed by atoms with Gasteiger partial charge >= 0.3 is 0 Å². The quantitative estimate of drug-likeness (QED) is 0.515. The molecule has 0 aliphatic carbocycles. The van der Waals surface area contributed by atoms with Gasteiger partial charge < -0.3 is 5.32 Å². The van der Waals surface area contributed by atoms with Crippen LogP contribution in [0.5, 0.6) is 0 Å². The van der Waals surface area contributed by atoms with Gasteiger partial charge in [0, 0.05) is 32.1 Å². The lowest BCUT2D eigenvalue weighted by atomic mass is 10.0. The van der Waals surface area contributed by atoms with E-state index in [0.717, 1.165) is 37.9 Å². The molecule has 6 nitrogen and oxygen atoms in total. The molecule has 0 aromatic heterocycles. The van der Waals surface area contributed by atoms with E-state index in [1.54, 1.807) is 16.4 Å². The van der Waals surface area contributed by atoms with Gasteiger partial charge in [0.2, 0.25) is 15.9 Å². The smallest absolute Gasteiger partial charge is 0.243 e. The molecule has 0 saturated carbocycles. The molecule has 0 spiro atoms. The zero-order valence-electron chi connectivity index (χ0n) is 19.9. The van der Waals surface area contributed by atoms with Crippen molar-refractivity contribution < 1.29 is 13.2 Å². The third-order valence-electron chi connectivity index (χ3n) is 6.44. The summed E-state index contributed by atoms with van der Waals surface area (Å²) in [4.78, 5) is 15.3. The van der Waals surface area contributed by atoms with Crippen molar-refractivity contribution in [2.24, 2.45) is 0 Å². The molecule has 3 rings (SSSR count). The zero-order valence-corrected chi connectivity index (χ0v) is 20.7. The van der Waals surface area contributed by atoms with Crippen molar-refractivity contribution in [3.63, 3.8) is 0 Å². The highest BCUT2D eigenvalue weighted by Gasteiger charge is 2.26. The van der Waals surface area contributed by atoms with Gasteiger partial charge in [0.1, 0.15) is 0 Å². The van der Waals surface area contributed by atoms with Gasteiger partial charge in [-0.1, -0.05) is 56.3 Å². The molecule has 0 radical (unpaired) electrons. The third kappa shape index (κ3) is 7.13. The third-order valence-corrected chi connectivity index (χ3v) is 8.36. The number of hydrogen-bond acceptors (Lipinski definition) is 4. The standard InChI is InChI=1S/C26H37N3O3S/c1-3-28(4-2)24(20-23-10-6-5-7-11-23)21-27-26(30)17-14-22-12-15-25(16-13-22)33(31,32)29-18-8-9-19-29/h5-7,10-13,15-16,24H,3-4,8-9,14,17-21H2,1-2H3,(H,27,30). The second-order valence-electron chi connectivity index (χ2n) is 8.62. The first kappa shape index (κ1) is 25.4. The van der Waals surface area contributed by atoms with Gasteiger partial charge in [-0.2, -0.15) is 4.31 Å². The van der Waals surface area contributed by atoms with Crippen LogP contribution in [0.4, 0.5) is 0 Å². The number of nitrogens with one attached hydrogen (secondary N) is 1. The Labute approximate surface area is 199 Å². The van der Waals surface area contributed by atoms with E-state index in [0.29, 0.717) is 37.4 Å². The molecule has 1 heterocycles. The van der Waals surface area contributed by atoms with Gasteiger partial charge in [0.15, 0.2) is 0 Å². The van der Waals surface area contributed by atoms with Crippen molar-refractivity contribution >= 4 is 15.9 Å². The molecule has 0 bridgehead atoms. The Bertz CT molecular complexity index is 968. The molecule has 1 aliphatic rings. The SMILES string of the molecule is CCN(CC)C(CNC(=O)CCc1ccc(S(=O)(=O)N2CCCC2)cc1)Cc1ccccc1. The number of amides is 1. The number of carbonyl (C=O) groups is 1. The van der Waals surface area contributed by atoms with E-state index in [4.69, 9.17) is 0 Å². The van der Waals surface area contributed by atoms with E-state index in [-0.39, 0.29) is 11.9 Å². The second-order valence-corrected chi connectivity index (χ2v) is 10.6. The highest BCUT2D eigenvalue weighted by atomic mass is 32.2. The topological polar surface area (TPSA) is 69.7 Å². The van der Waals surface area contributed by atoms with Crippen LogP contribution in [0.3, 0.4) is 0 Å². The van der Waals surface area contributed by atoms with E-state index < -0.39 is 10.0 Å². The first-order chi connectivity index (χ1) is 15.9. The number of sulfonamides is 1. The Kier molecular flexibility index (Phi) is 9.47. The van der Waals surface area contributed by atoms with Crippen molar-refractivity contribution in [2.75, 3.05) is 32.7 Å². The van der Waals surface area contributed by atoms with Crippen molar-refractivity contribution in [3.05, 3.63) is 65.7 Å². The fourth-order valence-corrected chi connectivity index (χ4v) is 5.96. The van der Waals surface area contributed by atoms with E-state index in [9.17, 15) is 13.2 Å². The van der Waals surface area contributed by atoms with Crippen LogP contribution in [0.2, 0.25) is 0 Å². The summed E-state index contributed by atoms with van der Waals surface area (Å²) in [7, 11) is -3.39. The molecule has 2 aromatic rings. The van der Waals surface area contributed by atoms with Crippen LogP contribution in [0, 0.1) is 0 Å². The molecule has 2 aromatic carbocycles. The first-order valence-electron chi connectivity index (χ1n) is 12.1. The normalized spacial score (nSPS) is 15.6. The lowest BCUT2D eigenvalue weighted by Crippen LogP contribution is -2.45. The Morgan fingerprint density at radius 1 is 0.970 bits per heavy atom. The molecule has 1 atom stereocenters. The maximum atomic E-state index is 12.7. The first-order valence-corrected chi connectivity index (χ1v) is 13.5. The number of rotatable bonds is 12. The maximum absolute atomic E-state index is 12.7. The van der Waals surface area contributed by atoms with Crippen LogP contribution in [0.1, 0.15) is 44.2 Å². The number of aryl methyl sites for hydroxylation is 1. The fraction of sp³-hybridized carbons (Fsp3) is 0.500. The van der Waals surface area contributed by atoms with Crippen LogP contribution >= 0.6 is 0 Å². The number of hydrogen-bond donors (Lipinski definition) is 1. The predicted octanol–water partition coefficient (Wildman–Crippen LogP) is 3.47. The monoisotopic (exact) mass is 471 g/mol. The van der Waals surface area contributed by atoms with Gasteiger partial charge in [-0.15, -0.1) is 0 Å². The van der Waals surface area contributed by atoms with Gasteiger partial charge in [0.05, 0.1) is 4.90 Å². The Balaban J connectivity index is 1.51. The van der Waals surface area contributed by atoms with Crippen LogP contribution in [0.15, 0.2) is 59.5 Å². The van der Waals surface area contributed by atoms with Crippen molar-refractivity contribution in [1.29, 1.82) is 0 Å². The summed E-state index contributed by atoms with van der Waals surface area (Å²) in [6.45, 7) is 8.00. The van der Waals surface area contributed by atoms with Crippen LogP contribution < -0.4 is 5.32 Å². The van der Waals surface area contributed by atoms with Gasteiger partial charge in [0.25, 0.3) is 0 Å². The van der Waals surface area contributed by atoms with E-state index in [2.05, 4.69) is 48.3 Å². The van der Waals surface area contributed by atoms with Crippen LogP contribution in [-0.2, 0) is 27.7 Å². The van der Waals surface area contributed by atoms with Gasteiger partial charge in [-0.05, 0) is 62.0 Å². The highest BCUT2D eigenvalue weighted by Crippen LogP contribution is 2.21. The van der Waals surface area contributed by atoms with Crippen LogP contribution in [0.25, 0.3) is 0 Å². The van der Waals surface area contributed by atoms with E-state index in [1.165, 1.54) is 5.56 Å². The molecule has 1 fully saturated rings. The molecular formula is C26H37N3O3S. The molecule has 7 heteroatoms. The Hall–Kier alpha value is -2.22. The van der Waals surface area contributed by atoms with Crippen molar-refractivity contribution in [1.82, 2.24) is 14.5 Å². The Morgan fingerprint density at radius 2 is 1.61 bits per heavy atom. The Morgan fingerprint density at radius 3 is 2.21 bits per heavy atom. The number of nitrogens with zero attached hydrogens (tertiary/aromatic N) is 2. The highest BCUT2D eigenvalue weighted by molar-refractivity contribution is 7.89. The summed E-state index contributed by atoms with van der Waals surface area (Å²) in [6.07, 6.45) is 3.72. The van der Waals surface area contributed by atoms with Gasteiger partial charge in [-0.25, -0.2) is 8.42 Å². The largest absolute Gasteiger partial charge is 0.355 e. The number of likely N-dealkylation sites (N-methyl/N-ethyl adjacent to an activating group) is 1. The van der Waals surface area contributed by atoms with Crippen molar-refractivity contribution in [2.45, 2.75) is 56.9 Å². The minimum Gasteiger partial charge on any atom is -0.355 e. The lowest BCUT2D eigenvalue weighted by Gasteiger charge is -2.30. The van der Waals surface area contributed by atoms with E-state index in [1.807, 2.05) is 18.2 Å². The van der Waals surface area contributed by atoms with E-state index >= 15 is 0 Å². The summed E-state index contributed by atoms with van der Waals surface area (Å²) in [5.74, 6) is 0.0222. The molecular weight excluding hydrogens is 434 g/mol. The lowest BCUT2D eigenvalue weighted by molar-refractivity contribution is -0.121. The number of carbonyl (C=O) groups excluding carboxylic acids is 1. The molecule has 180 valence electrons. The molecule has 1 amide bonds. The maximum Gasteiger partial charge on any atom is 0.243 e. The van der Waals surface area contributed by atoms with Gasteiger partial charge in [-0.3, -0.25) is 9.69 Å². The molecule has 1 saturated heterocycles. The van der Waals surface area contributed by atoms with Crippen molar-refractivity contribution in [3.8, 4) is 0 Å². The average Bonchev–Trinajstić information content (AvgIpc) is 3.39. The number of benzene rings is 2. The average molecular weight is 472 g/mol. The summed E-state index contributed by atoms with van der Waals surface area (Å²) >= 11 is 0. The summed E-state index contributed by atoms with van der Waals surface area (Å²) in [5.41, 5.74) is 2.24. The molecule has 1 unspecified atom stereocenters. The minimum atomic E-state index is -3.39. The second kappa shape index (κ2) is 12.3. The molecule has 1 aliphatic heterocycles. The zero-order chi connectivity index (χ0) is 23.7. The summed E-state index contributed by atoms with van der Waals surface area (Å²) in [6, 6.07) is 17.6. The molecule has 33 heavy (non-hydrogen) atoms. The minimum absolute atomic E-state index is 0.0222. The summed E-state index contributed by atoms with van der Waals surface area (Å²) in [5, 5.41) is 3.11. The summed E-state index contributed by atoms with van der Waals surface area (Å²) < 4.78 is 26.9. The fourth-order valence-electron chi connectivity index (χ4n) is 4.44. The molecule has 1 N–H and O–H groups in total. The van der Waals surface area contributed by atoms with Crippen LogP contribution in [-0.4, -0.2) is 62.3 Å².